The Morgan fingerprint density at radius 3 is 2.71 bits per heavy atom. The Bertz CT molecular complexity index is 1190. The SMILES string of the molecule is C=Nc1cccc(-c2csc([C@@]3(C)N=C(N)N(C)C(=O)[C@@H]3c3cccc(OC)c3)c2)c1. The van der Waals surface area contributed by atoms with Crippen molar-refractivity contribution in [2.24, 2.45) is 15.7 Å². The number of guanidine groups is 1. The number of nitrogens with two attached hydrogens (primary N) is 1. The molecule has 1 aliphatic heterocycles. The number of ether oxygens (including phenoxy) is 1. The van der Waals surface area contributed by atoms with Crippen LogP contribution in [-0.2, 0) is 10.3 Å². The zero-order valence-corrected chi connectivity index (χ0v) is 18.5. The lowest BCUT2D eigenvalue weighted by molar-refractivity contribution is -0.130. The van der Waals surface area contributed by atoms with Gasteiger partial charge in [-0.05, 0) is 66.0 Å². The van der Waals surface area contributed by atoms with Crippen LogP contribution in [0.25, 0.3) is 11.1 Å². The Morgan fingerprint density at radius 1 is 1.19 bits per heavy atom. The predicted octanol–water partition coefficient (Wildman–Crippen LogP) is 4.54. The maximum atomic E-state index is 13.4. The van der Waals surface area contributed by atoms with E-state index in [9.17, 15) is 4.79 Å². The molecular weight excluding hydrogens is 408 g/mol. The first-order chi connectivity index (χ1) is 14.9. The van der Waals surface area contributed by atoms with Crippen LogP contribution in [0.1, 0.15) is 23.3 Å². The van der Waals surface area contributed by atoms with Crippen molar-refractivity contribution in [3.05, 3.63) is 70.4 Å². The number of benzene rings is 2. The Kier molecular flexibility index (Phi) is 5.37. The van der Waals surface area contributed by atoms with E-state index in [-0.39, 0.29) is 11.9 Å². The third-order valence-electron chi connectivity index (χ3n) is 5.72. The first-order valence-corrected chi connectivity index (χ1v) is 10.7. The number of thiophene rings is 1. The highest BCUT2D eigenvalue weighted by atomic mass is 32.1. The summed E-state index contributed by atoms with van der Waals surface area (Å²) in [6, 6.07) is 17.5. The molecule has 2 atom stereocenters. The van der Waals surface area contributed by atoms with Gasteiger partial charge in [0.25, 0.3) is 0 Å². The summed E-state index contributed by atoms with van der Waals surface area (Å²) in [5, 5.41) is 2.07. The van der Waals surface area contributed by atoms with Crippen molar-refractivity contribution in [2.45, 2.75) is 18.4 Å². The molecule has 0 saturated carbocycles. The number of carbonyl (C=O) groups excluding carboxylic acids is 1. The molecule has 0 bridgehead atoms. The molecule has 0 aliphatic carbocycles. The minimum absolute atomic E-state index is 0.101. The van der Waals surface area contributed by atoms with Crippen LogP contribution in [0.15, 0.2) is 70.0 Å². The van der Waals surface area contributed by atoms with Crippen LogP contribution in [-0.4, -0.2) is 37.6 Å². The Balaban J connectivity index is 1.84. The highest BCUT2D eigenvalue weighted by Crippen LogP contribution is 2.47. The molecule has 3 aromatic rings. The van der Waals surface area contributed by atoms with Gasteiger partial charge in [-0.15, -0.1) is 11.3 Å². The molecule has 7 heteroatoms. The summed E-state index contributed by atoms with van der Waals surface area (Å²) in [5.41, 5.74) is 9.01. The van der Waals surface area contributed by atoms with Crippen LogP contribution in [0.3, 0.4) is 0 Å². The molecule has 6 nitrogen and oxygen atoms in total. The Labute approximate surface area is 185 Å². The summed E-state index contributed by atoms with van der Waals surface area (Å²) in [7, 11) is 3.27. The van der Waals surface area contributed by atoms with Crippen LogP contribution in [0.5, 0.6) is 5.75 Å². The van der Waals surface area contributed by atoms with Gasteiger partial charge >= 0.3 is 0 Å². The van der Waals surface area contributed by atoms with Gasteiger partial charge in [-0.25, -0.2) is 4.99 Å². The summed E-state index contributed by atoms with van der Waals surface area (Å²) >= 11 is 1.57. The maximum absolute atomic E-state index is 13.4. The summed E-state index contributed by atoms with van der Waals surface area (Å²) in [6.07, 6.45) is 0. The van der Waals surface area contributed by atoms with Crippen LogP contribution in [0.2, 0.25) is 0 Å². The molecule has 1 amide bonds. The largest absolute Gasteiger partial charge is 0.497 e. The van der Waals surface area contributed by atoms with Gasteiger partial charge in [0.2, 0.25) is 5.91 Å². The summed E-state index contributed by atoms with van der Waals surface area (Å²) in [4.78, 5) is 24.6. The predicted molar refractivity (Wildman–Crippen MR) is 126 cm³/mol. The number of hydrogen-bond acceptors (Lipinski definition) is 6. The van der Waals surface area contributed by atoms with Gasteiger partial charge < -0.3 is 10.5 Å². The third kappa shape index (κ3) is 3.61. The van der Waals surface area contributed by atoms with Gasteiger partial charge in [0.05, 0.1) is 18.7 Å². The summed E-state index contributed by atoms with van der Waals surface area (Å²) in [5.74, 6) is 0.265. The van der Waals surface area contributed by atoms with Gasteiger partial charge in [-0.1, -0.05) is 24.3 Å². The minimum atomic E-state index is -0.850. The smallest absolute Gasteiger partial charge is 0.239 e. The van der Waals surface area contributed by atoms with Crippen molar-refractivity contribution in [3.8, 4) is 16.9 Å². The topological polar surface area (TPSA) is 80.3 Å². The van der Waals surface area contributed by atoms with Crippen LogP contribution in [0, 0.1) is 0 Å². The molecule has 0 unspecified atom stereocenters. The number of methoxy groups -OCH3 is 1. The van der Waals surface area contributed by atoms with Gasteiger partial charge in [0, 0.05) is 11.9 Å². The molecule has 4 rings (SSSR count). The number of rotatable bonds is 5. The van der Waals surface area contributed by atoms with Crippen molar-refractivity contribution in [3.63, 3.8) is 0 Å². The van der Waals surface area contributed by atoms with E-state index in [1.165, 1.54) is 4.90 Å². The minimum Gasteiger partial charge on any atom is -0.497 e. The zero-order valence-electron chi connectivity index (χ0n) is 17.7. The van der Waals surface area contributed by atoms with Gasteiger partial charge in [-0.2, -0.15) is 0 Å². The number of nitrogens with zero attached hydrogens (tertiary/aromatic N) is 3. The van der Waals surface area contributed by atoms with Crippen molar-refractivity contribution in [1.29, 1.82) is 0 Å². The molecular formula is C24H24N4O2S. The van der Waals surface area contributed by atoms with Crippen molar-refractivity contribution >= 4 is 35.6 Å². The normalized spacial score (nSPS) is 21.0. The molecule has 2 N–H and O–H groups in total. The number of likely N-dealkylation sites (N-methyl/N-ethyl adjacent to an activating group) is 1. The fraction of sp³-hybridized carbons (Fsp3) is 0.208. The number of amides is 1. The number of aliphatic imine (C=N–C) groups is 2. The van der Waals surface area contributed by atoms with Gasteiger partial charge in [0.15, 0.2) is 5.96 Å². The van der Waals surface area contributed by atoms with E-state index in [1.54, 1.807) is 25.5 Å². The second kappa shape index (κ2) is 8.00. The lowest BCUT2D eigenvalue weighted by Gasteiger charge is -2.40. The lowest BCUT2D eigenvalue weighted by atomic mass is 9.77. The van der Waals surface area contributed by atoms with E-state index in [2.05, 4.69) is 23.2 Å². The molecule has 2 heterocycles. The Hall–Kier alpha value is -3.45. The van der Waals surface area contributed by atoms with Crippen molar-refractivity contribution in [1.82, 2.24) is 4.90 Å². The van der Waals surface area contributed by atoms with E-state index < -0.39 is 11.5 Å². The average Bonchev–Trinajstić information content (AvgIpc) is 3.29. The second-order valence-corrected chi connectivity index (χ2v) is 8.54. The fourth-order valence-electron chi connectivity index (χ4n) is 3.95. The first kappa shape index (κ1) is 20.8. The quantitative estimate of drug-likeness (QED) is 0.601. The second-order valence-electron chi connectivity index (χ2n) is 7.63. The molecule has 1 aliphatic rings. The summed E-state index contributed by atoms with van der Waals surface area (Å²) in [6.45, 7) is 5.57. The number of hydrogen-bond donors (Lipinski definition) is 1. The molecule has 0 saturated heterocycles. The van der Waals surface area contributed by atoms with E-state index in [0.29, 0.717) is 5.75 Å². The molecule has 0 fully saturated rings. The molecule has 1 aromatic heterocycles. The number of carbonyl (C=O) groups is 1. The standard InChI is InChI=1S/C24H24N4O2S/c1-24(20-13-17(14-31-20)15-7-5-9-18(11-15)26-2)21(22(29)28(3)23(25)27-24)16-8-6-10-19(12-16)30-4/h5-14,21H,2H2,1,3-4H3,(H2,25,27)/t21-,24+/m0/s1. The van der Waals surface area contributed by atoms with Crippen LogP contribution >= 0.6 is 11.3 Å². The maximum Gasteiger partial charge on any atom is 0.239 e. The van der Waals surface area contributed by atoms with E-state index in [0.717, 1.165) is 27.3 Å². The lowest BCUT2D eigenvalue weighted by Crippen LogP contribution is -2.52. The zero-order chi connectivity index (χ0) is 22.2. The average molecular weight is 433 g/mol. The van der Waals surface area contributed by atoms with Crippen molar-refractivity contribution < 1.29 is 9.53 Å². The monoisotopic (exact) mass is 432 g/mol. The molecule has 0 radical (unpaired) electrons. The highest BCUT2D eigenvalue weighted by Gasteiger charge is 2.48. The van der Waals surface area contributed by atoms with E-state index in [4.69, 9.17) is 15.5 Å². The van der Waals surface area contributed by atoms with Crippen LogP contribution in [0.4, 0.5) is 5.69 Å². The molecule has 0 spiro atoms. The summed E-state index contributed by atoms with van der Waals surface area (Å²) < 4.78 is 5.39. The van der Waals surface area contributed by atoms with Crippen LogP contribution < -0.4 is 10.5 Å². The first-order valence-electron chi connectivity index (χ1n) is 9.80. The molecule has 31 heavy (non-hydrogen) atoms. The Morgan fingerprint density at radius 2 is 1.97 bits per heavy atom. The van der Waals surface area contributed by atoms with Gasteiger partial charge in [-0.3, -0.25) is 14.7 Å². The van der Waals surface area contributed by atoms with E-state index >= 15 is 0 Å². The third-order valence-corrected chi connectivity index (χ3v) is 6.87. The van der Waals surface area contributed by atoms with Gasteiger partial charge in [0.1, 0.15) is 11.3 Å². The fourth-order valence-corrected chi connectivity index (χ4v) is 5.00. The van der Waals surface area contributed by atoms with Crippen molar-refractivity contribution in [2.75, 3.05) is 14.2 Å². The highest BCUT2D eigenvalue weighted by molar-refractivity contribution is 7.10. The van der Waals surface area contributed by atoms with E-state index in [1.807, 2.05) is 55.5 Å². The molecule has 2 aromatic carbocycles. The molecule has 158 valence electrons.